The molecule has 3 N–H and O–H groups in total. The average Bonchev–Trinajstić information content (AvgIpc) is 3.28. The van der Waals surface area contributed by atoms with E-state index in [1.165, 1.54) is 16.4 Å². The minimum Gasteiger partial charge on any atom is -0.508 e. The summed E-state index contributed by atoms with van der Waals surface area (Å²) in [4.78, 5) is 0.220. The Kier molecular flexibility index (Phi) is 7.21. The Morgan fingerprint density at radius 3 is 2.66 bits per heavy atom. The number of piperidine rings is 1. The number of aromatic hydroxyl groups is 1. The van der Waals surface area contributed by atoms with Crippen LogP contribution in [0.15, 0.2) is 47.4 Å². The van der Waals surface area contributed by atoms with Crippen LogP contribution in [0.5, 0.6) is 11.5 Å². The zero-order valence-electron chi connectivity index (χ0n) is 17.4. The van der Waals surface area contributed by atoms with Crippen molar-refractivity contribution in [2.45, 2.75) is 23.8 Å². The molecule has 172 valence electrons. The molecule has 1 fully saturated rings. The van der Waals surface area contributed by atoms with Gasteiger partial charge < -0.3 is 20.3 Å². The fraction of sp³-hybridized carbons (Fsp3) is 0.429. The van der Waals surface area contributed by atoms with Gasteiger partial charge in [-0.25, -0.2) is 8.42 Å². The number of aromatic nitrogens is 2. The van der Waals surface area contributed by atoms with E-state index in [0.29, 0.717) is 48.9 Å². The summed E-state index contributed by atoms with van der Waals surface area (Å²) in [6.07, 6.45) is 0.825. The molecule has 11 heteroatoms. The van der Waals surface area contributed by atoms with Crippen LogP contribution in [0.25, 0.3) is 11.0 Å². The summed E-state index contributed by atoms with van der Waals surface area (Å²) < 4.78 is 41.5. The number of phenols is 1. The van der Waals surface area contributed by atoms with E-state index in [9.17, 15) is 18.6 Å². The quantitative estimate of drug-likeness (QED) is 0.425. The van der Waals surface area contributed by atoms with Crippen LogP contribution in [0.4, 0.5) is 0 Å². The molecule has 0 radical (unpaired) electrons. The molecule has 0 spiro atoms. The number of phenolic OH excluding ortho intramolecular Hbond substituents is 1. The van der Waals surface area contributed by atoms with Crippen LogP contribution in [-0.2, 0) is 10.0 Å². The van der Waals surface area contributed by atoms with Gasteiger partial charge in [-0.1, -0.05) is 6.07 Å². The summed E-state index contributed by atoms with van der Waals surface area (Å²) in [7, 11) is -3.61. The summed E-state index contributed by atoms with van der Waals surface area (Å²) >= 11 is 1.01. The Hall–Kier alpha value is -2.31. The molecule has 0 unspecified atom stereocenters. The SMILES string of the molecule is O=S(=O)(c1cccc2nsnc12)N1CCC(CNC[C@H](O)COc2ccc(O)cc2)CC1. The van der Waals surface area contributed by atoms with Gasteiger partial charge in [0.2, 0.25) is 10.0 Å². The molecule has 1 aliphatic rings. The van der Waals surface area contributed by atoms with Gasteiger partial charge in [0, 0.05) is 19.6 Å². The largest absolute Gasteiger partial charge is 0.508 e. The molecule has 1 saturated heterocycles. The van der Waals surface area contributed by atoms with E-state index < -0.39 is 16.1 Å². The normalized spacial score (nSPS) is 16.9. The van der Waals surface area contributed by atoms with Gasteiger partial charge in [-0.3, -0.25) is 0 Å². The predicted octanol–water partition coefficient (Wildman–Crippen LogP) is 1.83. The summed E-state index contributed by atoms with van der Waals surface area (Å²) in [6, 6.07) is 11.4. The molecule has 0 aliphatic carbocycles. The van der Waals surface area contributed by atoms with E-state index in [2.05, 4.69) is 14.1 Å². The maximum atomic E-state index is 13.1. The number of rotatable bonds is 9. The number of hydrogen-bond donors (Lipinski definition) is 3. The van der Waals surface area contributed by atoms with Crippen LogP contribution >= 0.6 is 11.7 Å². The van der Waals surface area contributed by atoms with Crippen LogP contribution in [0.3, 0.4) is 0 Å². The molecule has 0 amide bonds. The third-order valence-corrected chi connectivity index (χ3v) is 8.01. The van der Waals surface area contributed by atoms with Gasteiger partial charge in [0.05, 0.1) is 11.7 Å². The van der Waals surface area contributed by atoms with Crippen molar-refractivity contribution in [2.75, 3.05) is 32.8 Å². The number of nitrogens with one attached hydrogen (secondary N) is 1. The van der Waals surface area contributed by atoms with Gasteiger partial charge >= 0.3 is 0 Å². The fourth-order valence-electron chi connectivity index (χ4n) is 3.73. The van der Waals surface area contributed by atoms with Crippen molar-refractivity contribution in [1.29, 1.82) is 0 Å². The molecular weight excluding hydrogens is 452 g/mol. The van der Waals surface area contributed by atoms with Gasteiger partial charge in [-0.2, -0.15) is 13.1 Å². The van der Waals surface area contributed by atoms with Crippen LogP contribution in [0.2, 0.25) is 0 Å². The minimum atomic E-state index is -3.61. The zero-order valence-corrected chi connectivity index (χ0v) is 19.1. The molecule has 3 aromatic rings. The van der Waals surface area contributed by atoms with Gasteiger partial charge in [-0.15, -0.1) is 0 Å². The van der Waals surface area contributed by atoms with Crippen LogP contribution in [-0.4, -0.2) is 70.6 Å². The van der Waals surface area contributed by atoms with Crippen molar-refractivity contribution in [3.8, 4) is 11.5 Å². The molecule has 1 aliphatic heterocycles. The highest BCUT2D eigenvalue weighted by molar-refractivity contribution is 7.89. The summed E-state index contributed by atoms with van der Waals surface area (Å²) in [6.45, 7) is 2.14. The van der Waals surface area contributed by atoms with Crippen LogP contribution < -0.4 is 10.1 Å². The lowest BCUT2D eigenvalue weighted by molar-refractivity contribution is 0.104. The second-order valence-corrected chi connectivity index (χ2v) is 10.3. The topological polar surface area (TPSA) is 125 Å². The molecule has 1 aromatic heterocycles. The van der Waals surface area contributed by atoms with Crippen molar-refractivity contribution >= 4 is 32.8 Å². The highest BCUT2D eigenvalue weighted by atomic mass is 32.2. The van der Waals surface area contributed by atoms with E-state index in [1.54, 1.807) is 30.3 Å². The highest BCUT2D eigenvalue weighted by Gasteiger charge is 2.31. The fourth-order valence-corrected chi connectivity index (χ4v) is 5.95. The van der Waals surface area contributed by atoms with Crippen molar-refractivity contribution in [1.82, 2.24) is 18.4 Å². The Labute approximate surface area is 191 Å². The van der Waals surface area contributed by atoms with Gasteiger partial charge in [0.1, 0.15) is 40.1 Å². The first-order chi connectivity index (χ1) is 15.4. The average molecular weight is 479 g/mol. The standard InChI is InChI=1S/C21H26N4O5S2/c26-16-4-6-18(7-5-16)30-14-17(27)13-22-12-15-8-10-25(11-9-15)32(28,29)20-3-1-2-19-21(20)24-31-23-19/h1-7,15,17,22,26-27H,8-14H2/t17-/m0/s1. The van der Waals surface area contributed by atoms with Crippen LogP contribution in [0.1, 0.15) is 12.8 Å². The van der Waals surface area contributed by atoms with Crippen LogP contribution in [0, 0.1) is 5.92 Å². The van der Waals surface area contributed by atoms with Crippen molar-refractivity contribution < 1.29 is 23.4 Å². The van der Waals surface area contributed by atoms with Crippen molar-refractivity contribution in [2.24, 2.45) is 5.92 Å². The first kappa shape index (κ1) is 22.9. The van der Waals surface area contributed by atoms with E-state index in [-0.39, 0.29) is 17.3 Å². The molecule has 1 atom stereocenters. The lowest BCUT2D eigenvalue weighted by atomic mass is 9.98. The molecule has 2 aromatic carbocycles. The molecule has 32 heavy (non-hydrogen) atoms. The number of sulfonamides is 1. The number of benzene rings is 2. The summed E-state index contributed by atoms with van der Waals surface area (Å²) in [5.74, 6) is 1.08. The number of fused-ring (bicyclic) bond motifs is 1. The Morgan fingerprint density at radius 2 is 1.91 bits per heavy atom. The maximum Gasteiger partial charge on any atom is 0.245 e. The molecule has 4 rings (SSSR count). The maximum absolute atomic E-state index is 13.1. The molecule has 2 heterocycles. The van der Waals surface area contributed by atoms with E-state index in [1.807, 2.05) is 0 Å². The lowest BCUT2D eigenvalue weighted by Gasteiger charge is -2.31. The first-order valence-corrected chi connectivity index (χ1v) is 12.6. The number of hydrogen-bond acceptors (Lipinski definition) is 9. The predicted molar refractivity (Wildman–Crippen MR) is 121 cm³/mol. The van der Waals surface area contributed by atoms with E-state index in [4.69, 9.17) is 4.74 Å². The van der Waals surface area contributed by atoms with Gasteiger partial charge in [-0.05, 0) is 61.7 Å². The summed E-state index contributed by atoms with van der Waals surface area (Å²) in [5.41, 5.74) is 1.04. The molecular formula is C21H26N4O5S2. The highest BCUT2D eigenvalue weighted by Crippen LogP contribution is 2.27. The smallest absolute Gasteiger partial charge is 0.245 e. The van der Waals surface area contributed by atoms with Crippen molar-refractivity contribution in [3.05, 3.63) is 42.5 Å². The summed E-state index contributed by atoms with van der Waals surface area (Å²) in [5, 5.41) is 22.6. The monoisotopic (exact) mass is 478 g/mol. The number of aliphatic hydroxyl groups is 1. The van der Waals surface area contributed by atoms with E-state index >= 15 is 0 Å². The van der Waals surface area contributed by atoms with E-state index in [0.717, 1.165) is 24.6 Å². The Morgan fingerprint density at radius 1 is 1.16 bits per heavy atom. The lowest BCUT2D eigenvalue weighted by Crippen LogP contribution is -2.42. The zero-order chi connectivity index (χ0) is 22.6. The number of aliphatic hydroxyl groups excluding tert-OH is 1. The second kappa shape index (κ2) is 10.1. The van der Waals surface area contributed by atoms with Gasteiger partial charge in [0.25, 0.3) is 0 Å². The van der Waals surface area contributed by atoms with Crippen molar-refractivity contribution in [3.63, 3.8) is 0 Å². The third-order valence-electron chi connectivity index (χ3n) is 5.53. The first-order valence-electron chi connectivity index (χ1n) is 10.5. The molecule has 9 nitrogen and oxygen atoms in total. The Balaban J connectivity index is 1.21. The third kappa shape index (κ3) is 5.36. The second-order valence-electron chi connectivity index (χ2n) is 7.85. The number of nitrogens with zero attached hydrogens (tertiary/aromatic N) is 3. The minimum absolute atomic E-state index is 0.144. The molecule has 0 saturated carbocycles. The molecule has 0 bridgehead atoms. The number of ether oxygens (including phenoxy) is 1. The Bertz CT molecular complexity index is 1130. The van der Waals surface area contributed by atoms with Gasteiger partial charge in [0.15, 0.2) is 0 Å².